The van der Waals surface area contributed by atoms with Gasteiger partial charge < -0.3 is 9.84 Å². The van der Waals surface area contributed by atoms with Crippen LogP contribution in [-0.2, 0) is 24.2 Å². The molecule has 1 aromatic carbocycles. The lowest BCUT2D eigenvalue weighted by Gasteiger charge is -2.05. The molecule has 4 nitrogen and oxygen atoms in total. The lowest BCUT2D eigenvalue weighted by atomic mass is 10.1. The molecule has 0 aliphatic carbocycles. The van der Waals surface area contributed by atoms with Crippen molar-refractivity contribution in [2.45, 2.75) is 33.3 Å². The van der Waals surface area contributed by atoms with E-state index in [2.05, 4.69) is 11.9 Å². The number of carboxylic acids is 1. The number of nitrogens with zero attached hydrogens (tertiary/aromatic N) is 1. The number of ether oxygens (including phenoxy) is 1. The molecule has 2 heterocycles. The summed E-state index contributed by atoms with van der Waals surface area (Å²) in [6, 6.07) is 5.82. The minimum atomic E-state index is -0.808. The lowest BCUT2D eigenvalue weighted by Crippen LogP contribution is -1.98. The SMILES string of the molecule is CCc1nc(C)c(COc2ccc3c(CC(=O)O)csc3c2)s1. The van der Waals surface area contributed by atoms with Crippen LogP contribution in [0.25, 0.3) is 10.1 Å². The van der Waals surface area contributed by atoms with Crippen molar-refractivity contribution in [2.24, 2.45) is 0 Å². The number of thiophene rings is 1. The largest absolute Gasteiger partial charge is 0.488 e. The maximum absolute atomic E-state index is 10.9. The molecule has 1 N–H and O–H groups in total. The summed E-state index contributed by atoms with van der Waals surface area (Å²) in [7, 11) is 0. The number of fused-ring (bicyclic) bond motifs is 1. The van der Waals surface area contributed by atoms with Crippen LogP contribution < -0.4 is 4.74 Å². The molecule has 0 unspecified atom stereocenters. The van der Waals surface area contributed by atoms with Crippen molar-refractivity contribution in [3.8, 4) is 5.75 Å². The number of carboxylic acid groups (broad SMARTS) is 1. The molecule has 3 aromatic rings. The third-order valence-electron chi connectivity index (χ3n) is 3.58. The molecule has 0 aliphatic rings. The van der Waals surface area contributed by atoms with Crippen LogP contribution in [0, 0.1) is 6.92 Å². The quantitative estimate of drug-likeness (QED) is 0.716. The Morgan fingerprint density at radius 1 is 1.39 bits per heavy atom. The number of benzene rings is 1. The van der Waals surface area contributed by atoms with Gasteiger partial charge in [-0.25, -0.2) is 4.98 Å². The second-order valence-corrected chi connectivity index (χ2v) is 7.33. The summed E-state index contributed by atoms with van der Waals surface area (Å²) in [5, 5.41) is 13.0. The van der Waals surface area contributed by atoms with E-state index in [4.69, 9.17) is 9.84 Å². The maximum Gasteiger partial charge on any atom is 0.307 e. The Morgan fingerprint density at radius 3 is 2.91 bits per heavy atom. The zero-order chi connectivity index (χ0) is 16.4. The van der Waals surface area contributed by atoms with Gasteiger partial charge in [0.1, 0.15) is 12.4 Å². The Labute approximate surface area is 142 Å². The minimum absolute atomic E-state index is 0.0556. The summed E-state index contributed by atoms with van der Waals surface area (Å²) in [4.78, 5) is 16.5. The number of thiazole rings is 1. The maximum atomic E-state index is 10.9. The minimum Gasteiger partial charge on any atom is -0.488 e. The summed E-state index contributed by atoms with van der Waals surface area (Å²) < 4.78 is 6.94. The normalized spacial score (nSPS) is 11.0. The van der Waals surface area contributed by atoms with Crippen LogP contribution in [0.4, 0.5) is 0 Å². The highest BCUT2D eigenvalue weighted by atomic mass is 32.1. The first-order valence-corrected chi connectivity index (χ1v) is 9.06. The molecule has 23 heavy (non-hydrogen) atoms. The number of hydrogen-bond donors (Lipinski definition) is 1. The Kier molecular flexibility index (Phi) is 4.63. The van der Waals surface area contributed by atoms with Gasteiger partial charge in [0.2, 0.25) is 0 Å². The Morgan fingerprint density at radius 2 is 2.22 bits per heavy atom. The molecule has 0 radical (unpaired) electrons. The number of aliphatic carboxylic acids is 1. The summed E-state index contributed by atoms with van der Waals surface area (Å²) in [5.74, 6) is -0.00972. The molecule has 0 saturated carbocycles. The van der Waals surface area contributed by atoms with E-state index in [1.54, 1.807) is 22.7 Å². The molecule has 0 fully saturated rings. The molecular weight excluding hydrogens is 330 g/mol. The summed E-state index contributed by atoms with van der Waals surface area (Å²) in [5.41, 5.74) is 1.89. The predicted molar refractivity (Wildman–Crippen MR) is 93.7 cm³/mol. The molecule has 2 aromatic heterocycles. The van der Waals surface area contributed by atoms with Gasteiger partial charge in [0.05, 0.1) is 22.0 Å². The van der Waals surface area contributed by atoms with Crippen LogP contribution >= 0.6 is 22.7 Å². The lowest BCUT2D eigenvalue weighted by molar-refractivity contribution is -0.136. The summed E-state index contributed by atoms with van der Waals surface area (Å²) in [6.45, 7) is 4.62. The van der Waals surface area contributed by atoms with Crippen LogP contribution in [0.1, 0.15) is 28.1 Å². The summed E-state index contributed by atoms with van der Waals surface area (Å²) in [6.07, 6.45) is 0.999. The van der Waals surface area contributed by atoms with E-state index in [1.165, 1.54) is 0 Å². The molecule has 3 rings (SSSR count). The molecule has 0 aliphatic heterocycles. The first kappa shape index (κ1) is 16.0. The number of carbonyl (C=O) groups is 1. The fraction of sp³-hybridized carbons (Fsp3) is 0.294. The number of aromatic nitrogens is 1. The third kappa shape index (κ3) is 3.54. The van der Waals surface area contributed by atoms with Gasteiger partial charge in [0, 0.05) is 4.70 Å². The average molecular weight is 347 g/mol. The molecule has 0 saturated heterocycles. The van der Waals surface area contributed by atoms with Crippen LogP contribution in [0.5, 0.6) is 5.75 Å². The average Bonchev–Trinajstić information content (AvgIpc) is 3.08. The van der Waals surface area contributed by atoms with Crippen LogP contribution in [0.3, 0.4) is 0 Å². The number of hydrogen-bond acceptors (Lipinski definition) is 5. The molecule has 0 bridgehead atoms. The van der Waals surface area contributed by atoms with Crippen molar-refractivity contribution < 1.29 is 14.6 Å². The van der Waals surface area contributed by atoms with E-state index in [0.29, 0.717) is 6.61 Å². The topological polar surface area (TPSA) is 59.4 Å². The highest BCUT2D eigenvalue weighted by Gasteiger charge is 2.10. The fourth-order valence-electron chi connectivity index (χ4n) is 2.38. The number of rotatable bonds is 6. The van der Waals surface area contributed by atoms with Gasteiger partial charge in [-0.05, 0) is 47.9 Å². The van der Waals surface area contributed by atoms with Gasteiger partial charge >= 0.3 is 5.97 Å². The molecule has 0 atom stereocenters. The van der Waals surface area contributed by atoms with Gasteiger partial charge in [-0.1, -0.05) is 6.92 Å². The smallest absolute Gasteiger partial charge is 0.307 e. The fourth-order valence-corrected chi connectivity index (χ4v) is 4.29. The van der Waals surface area contributed by atoms with Gasteiger partial charge in [0.15, 0.2) is 0 Å². The van der Waals surface area contributed by atoms with Crippen LogP contribution in [0.15, 0.2) is 23.6 Å². The zero-order valence-electron chi connectivity index (χ0n) is 13.0. The van der Waals surface area contributed by atoms with Gasteiger partial charge in [-0.15, -0.1) is 22.7 Å². The van der Waals surface area contributed by atoms with Crippen molar-refractivity contribution in [1.29, 1.82) is 0 Å². The second kappa shape index (κ2) is 6.68. The Hall–Kier alpha value is -1.92. The van der Waals surface area contributed by atoms with Crippen molar-refractivity contribution in [1.82, 2.24) is 4.98 Å². The van der Waals surface area contributed by atoms with Crippen LogP contribution in [-0.4, -0.2) is 16.1 Å². The Balaban J connectivity index is 1.75. The first-order valence-electron chi connectivity index (χ1n) is 7.36. The van der Waals surface area contributed by atoms with E-state index < -0.39 is 5.97 Å². The highest BCUT2D eigenvalue weighted by Crippen LogP contribution is 2.30. The first-order chi connectivity index (χ1) is 11.1. The van der Waals surface area contributed by atoms with E-state index in [-0.39, 0.29) is 6.42 Å². The van der Waals surface area contributed by atoms with E-state index in [0.717, 1.165) is 43.4 Å². The van der Waals surface area contributed by atoms with E-state index >= 15 is 0 Å². The molecular formula is C17H17NO3S2. The van der Waals surface area contributed by atoms with Crippen molar-refractivity contribution in [3.05, 3.63) is 44.7 Å². The van der Waals surface area contributed by atoms with Crippen LogP contribution in [0.2, 0.25) is 0 Å². The molecule has 6 heteroatoms. The number of aryl methyl sites for hydroxylation is 2. The van der Waals surface area contributed by atoms with Gasteiger partial charge in [-0.2, -0.15) is 0 Å². The molecule has 120 valence electrons. The standard InChI is InChI=1S/C17H17NO3S2/c1-3-16-18-10(2)15(23-16)8-21-12-4-5-13-11(6-17(19)20)9-22-14(13)7-12/h4-5,7,9H,3,6,8H2,1-2H3,(H,19,20). The second-order valence-electron chi connectivity index (χ2n) is 5.25. The van der Waals surface area contributed by atoms with Crippen molar-refractivity contribution in [2.75, 3.05) is 0 Å². The molecule has 0 spiro atoms. The third-order valence-corrected chi connectivity index (χ3v) is 5.85. The van der Waals surface area contributed by atoms with Crippen molar-refractivity contribution >= 4 is 38.7 Å². The Bertz CT molecular complexity index is 851. The van der Waals surface area contributed by atoms with E-state index in [1.807, 2.05) is 30.5 Å². The molecule has 0 amide bonds. The van der Waals surface area contributed by atoms with Gasteiger partial charge in [-0.3, -0.25) is 4.79 Å². The van der Waals surface area contributed by atoms with Gasteiger partial charge in [0.25, 0.3) is 0 Å². The summed E-state index contributed by atoms with van der Waals surface area (Å²) >= 11 is 3.24. The zero-order valence-corrected chi connectivity index (χ0v) is 14.6. The highest BCUT2D eigenvalue weighted by molar-refractivity contribution is 7.17. The predicted octanol–water partition coefficient (Wildman–Crippen LogP) is 4.43. The monoisotopic (exact) mass is 347 g/mol. The van der Waals surface area contributed by atoms with Crippen molar-refractivity contribution in [3.63, 3.8) is 0 Å². The van der Waals surface area contributed by atoms with E-state index in [9.17, 15) is 4.79 Å².